The molecule has 0 aliphatic rings. The van der Waals surface area contributed by atoms with E-state index < -0.39 is 10.4 Å². The number of rotatable bonds is 15. The Bertz CT molecular complexity index is 482. The van der Waals surface area contributed by atoms with Gasteiger partial charge in [-0.25, -0.2) is 4.18 Å². The average molecular weight is 350 g/mol. The highest BCUT2D eigenvalue weighted by atomic mass is 32.3. The second-order valence-corrected chi connectivity index (χ2v) is 6.73. The van der Waals surface area contributed by atoms with Crippen LogP contribution in [0.15, 0.2) is 0 Å². The number of ketones is 3. The van der Waals surface area contributed by atoms with Crippen LogP contribution in [0.4, 0.5) is 0 Å². The first-order valence-corrected chi connectivity index (χ1v) is 9.08. The van der Waals surface area contributed by atoms with Crippen LogP contribution in [0.1, 0.15) is 64.7 Å². The fraction of sp³-hybridized carbons (Fsp3) is 0.800. The predicted octanol–water partition coefficient (Wildman–Crippen LogP) is 2.13. The van der Waals surface area contributed by atoms with Crippen molar-refractivity contribution in [3.05, 3.63) is 0 Å². The van der Waals surface area contributed by atoms with E-state index in [1.807, 2.05) is 0 Å². The van der Waals surface area contributed by atoms with E-state index in [4.69, 9.17) is 0 Å². The van der Waals surface area contributed by atoms with Crippen molar-refractivity contribution in [1.29, 1.82) is 0 Å². The maximum Gasteiger partial charge on any atom is 0.399 e. The van der Waals surface area contributed by atoms with Gasteiger partial charge in [0, 0.05) is 32.1 Å². The molecule has 0 saturated heterocycles. The van der Waals surface area contributed by atoms with E-state index in [1.165, 1.54) is 6.92 Å². The van der Waals surface area contributed by atoms with Gasteiger partial charge in [0.1, 0.15) is 17.3 Å². The largest absolute Gasteiger partial charge is 0.399 e. The molecule has 0 N–H and O–H groups in total. The van der Waals surface area contributed by atoms with Gasteiger partial charge in [-0.2, -0.15) is 8.42 Å². The van der Waals surface area contributed by atoms with Gasteiger partial charge < -0.3 is 4.79 Å². The number of carbonyl (C=O) groups is 3. The molecule has 7 nitrogen and oxygen atoms in total. The Hall–Kier alpha value is -1.12. The Morgan fingerprint density at radius 2 is 1.35 bits per heavy atom. The zero-order chi connectivity index (χ0) is 17.7. The number of Topliss-reactive ketones (excluding diaryl/α,β-unsaturated/α-hetero) is 3. The molecule has 0 spiro atoms. The molecule has 8 heteroatoms. The maximum atomic E-state index is 11.6. The first-order valence-electron chi connectivity index (χ1n) is 7.74. The van der Waals surface area contributed by atoms with E-state index in [2.05, 4.69) is 8.37 Å². The molecule has 0 aromatic carbocycles. The molecular formula is C15H26O7S. The van der Waals surface area contributed by atoms with E-state index in [0.29, 0.717) is 44.9 Å². The first kappa shape index (κ1) is 21.9. The molecule has 23 heavy (non-hydrogen) atoms. The lowest BCUT2D eigenvalue weighted by Gasteiger charge is -2.03. The molecule has 0 aliphatic carbocycles. The van der Waals surface area contributed by atoms with Crippen molar-refractivity contribution in [2.75, 3.05) is 13.7 Å². The fourth-order valence-electron chi connectivity index (χ4n) is 1.86. The SMILES string of the molecule is COS(=O)(=O)OCCCCCC(=O)CCCC(=O)CCC(C)=O. The van der Waals surface area contributed by atoms with Crippen molar-refractivity contribution in [2.45, 2.75) is 64.7 Å². The number of hydrogen-bond donors (Lipinski definition) is 0. The summed E-state index contributed by atoms with van der Waals surface area (Å²) in [7, 11) is -2.85. The Labute approximate surface area is 138 Å². The molecule has 0 radical (unpaired) electrons. The van der Waals surface area contributed by atoms with Gasteiger partial charge in [0.25, 0.3) is 0 Å². The van der Waals surface area contributed by atoms with Gasteiger partial charge in [0.05, 0.1) is 13.7 Å². The third-order valence-electron chi connectivity index (χ3n) is 3.20. The second kappa shape index (κ2) is 12.3. The van der Waals surface area contributed by atoms with Crippen LogP contribution in [0.25, 0.3) is 0 Å². The van der Waals surface area contributed by atoms with Gasteiger partial charge in [-0.15, -0.1) is 0 Å². The lowest BCUT2D eigenvalue weighted by molar-refractivity contribution is -0.123. The lowest BCUT2D eigenvalue weighted by atomic mass is 10.0. The van der Waals surface area contributed by atoms with Crippen LogP contribution >= 0.6 is 0 Å². The molecule has 0 saturated carbocycles. The van der Waals surface area contributed by atoms with Crippen molar-refractivity contribution in [1.82, 2.24) is 0 Å². The van der Waals surface area contributed by atoms with Crippen molar-refractivity contribution >= 4 is 27.7 Å². The standard InChI is InChI=1S/C15H26O7S/c1-13(16)10-11-15(18)9-6-8-14(17)7-4-3-5-12-22-23(19,20)21-2/h3-12H2,1-2H3. The zero-order valence-electron chi connectivity index (χ0n) is 13.8. The number of hydrogen-bond acceptors (Lipinski definition) is 7. The summed E-state index contributed by atoms with van der Waals surface area (Å²) in [4.78, 5) is 33.8. The summed E-state index contributed by atoms with van der Waals surface area (Å²) in [6.07, 6.45) is 4.03. The molecule has 0 aliphatic heterocycles. The monoisotopic (exact) mass is 350 g/mol. The van der Waals surface area contributed by atoms with Crippen molar-refractivity contribution in [3.63, 3.8) is 0 Å². The molecule has 0 aromatic rings. The Morgan fingerprint density at radius 3 is 1.91 bits per heavy atom. The van der Waals surface area contributed by atoms with Crippen LogP contribution in [0.3, 0.4) is 0 Å². The van der Waals surface area contributed by atoms with E-state index in [0.717, 1.165) is 7.11 Å². The van der Waals surface area contributed by atoms with Crippen LogP contribution in [-0.2, 0) is 33.1 Å². The molecule has 0 atom stereocenters. The summed E-state index contributed by atoms with van der Waals surface area (Å²) in [5.41, 5.74) is 0. The van der Waals surface area contributed by atoms with Crippen LogP contribution < -0.4 is 0 Å². The molecule has 0 unspecified atom stereocenters. The normalized spacial score (nSPS) is 11.4. The minimum atomic E-state index is -3.87. The molecule has 134 valence electrons. The second-order valence-electron chi connectivity index (χ2n) is 5.34. The molecule has 0 heterocycles. The quantitative estimate of drug-likeness (QED) is 0.417. The highest BCUT2D eigenvalue weighted by molar-refractivity contribution is 7.81. The van der Waals surface area contributed by atoms with Crippen molar-refractivity contribution in [3.8, 4) is 0 Å². The Balaban J connectivity index is 3.54. The maximum absolute atomic E-state index is 11.6. The zero-order valence-corrected chi connectivity index (χ0v) is 14.7. The summed E-state index contributed by atoms with van der Waals surface area (Å²) in [5, 5.41) is 0. The molecule has 0 bridgehead atoms. The van der Waals surface area contributed by atoms with E-state index in [1.54, 1.807) is 0 Å². The van der Waals surface area contributed by atoms with Crippen LogP contribution in [-0.4, -0.2) is 39.5 Å². The van der Waals surface area contributed by atoms with Crippen LogP contribution in [0, 0.1) is 0 Å². The average Bonchev–Trinajstić information content (AvgIpc) is 2.48. The van der Waals surface area contributed by atoms with Crippen LogP contribution in [0.5, 0.6) is 0 Å². The van der Waals surface area contributed by atoms with Gasteiger partial charge in [0.2, 0.25) is 0 Å². The van der Waals surface area contributed by atoms with Gasteiger partial charge in [-0.05, 0) is 26.2 Å². The Kier molecular flexibility index (Phi) is 11.7. The lowest BCUT2D eigenvalue weighted by Crippen LogP contribution is -2.08. The van der Waals surface area contributed by atoms with E-state index >= 15 is 0 Å². The summed E-state index contributed by atoms with van der Waals surface area (Å²) in [6.45, 7) is 1.49. The summed E-state index contributed by atoms with van der Waals surface area (Å²) < 4.78 is 30.4. The summed E-state index contributed by atoms with van der Waals surface area (Å²) >= 11 is 0. The molecule has 0 fully saturated rings. The smallest absolute Gasteiger partial charge is 0.300 e. The molecule has 0 amide bonds. The van der Waals surface area contributed by atoms with Gasteiger partial charge >= 0.3 is 10.4 Å². The van der Waals surface area contributed by atoms with Gasteiger partial charge in [-0.1, -0.05) is 6.42 Å². The highest BCUT2D eigenvalue weighted by Gasteiger charge is 2.09. The highest BCUT2D eigenvalue weighted by Crippen LogP contribution is 2.08. The predicted molar refractivity (Wildman–Crippen MR) is 84.1 cm³/mol. The summed E-state index contributed by atoms with van der Waals surface area (Å²) in [5.74, 6) is 0.107. The molecular weight excluding hydrogens is 324 g/mol. The van der Waals surface area contributed by atoms with Crippen molar-refractivity contribution in [2.24, 2.45) is 0 Å². The van der Waals surface area contributed by atoms with Crippen LogP contribution in [0.2, 0.25) is 0 Å². The molecule has 0 aromatic heterocycles. The minimum Gasteiger partial charge on any atom is -0.300 e. The van der Waals surface area contributed by atoms with Crippen molar-refractivity contribution < 1.29 is 31.2 Å². The topological polar surface area (TPSA) is 104 Å². The van der Waals surface area contributed by atoms with E-state index in [9.17, 15) is 22.8 Å². The van der Waals surface area contributed by atoms with Gasteiger partial charge in [-0.3, -0.25) is 13.8 Å². The number of unbranched alkanes of at least 4 members (excludes halogenated alkanes) is 2. The Morgan fingerprint density at radius 1 is 0.783 bits per heavy atom. The summed E-state index contributed by atoms with van der Waals surface area (Å²) in [6, 6.07) is 0. The molecule has 0 rings (SSSR count). The minimum absolute atomic E-state index is 0.00305. The third-order valence-corrected chi connectivity index (χ3v) is 4.06. The fourth-order valence-corrected chi connectivity index (χ4v) is 2.28. The van der Waals surface area contributed by atoms with E-state index in [-0.39, 0.29) is 36.8 Å². The first-order chi connectivity index (χ1) is 10.8. The number of carbonyl (C=O) groups excluding carboxylic acids is 3. The third kappa shape index (κ3) is 14.2. The van der Waals surface area contributed by atoms with Gasteiger partial charge in [0.15, 0.2) is 0 Å².